The third kappa shape index (κ3) is 2.49. The second-order valence-corrected chi connectivity index (χ2v) is 3.64. The van der Waals surface area contributed by atoms with Gasteiger partial charge >= 0.3 is 0 Å². The maximum absolute atomic E-state index is 11.9. The molecule has 2 aromatic heterocycles. The lowest BCUT2D eigenvalue weighted by molar-refractivity contribution is 0.411. The molecule has 2 heterocycles. The predicted octanol–water partition coefficient (Wildman–Crippen LogP) is 0.525. The molecule has 2 aromatic rings. The zero-order chi connectivity index (χ0) is 13.0. The number of halogens is 1. The van der Waals surface area contributed by atoms with Crippen molar-refractivity contribution in [3.8, 4) is 12.3 Å². The Morgan fingerprint density at radius 1 is 1.61 bits per heavy atom. The van der Waals surface area contributed by atoms with Gasteiger partial charge < -0.3 is 9.84 Å². The van der Waals surface area contributed by atoms with Crippen LogP contribution in [0.2, 0.25) is 5.02 Å². The van der Waals surface area contributed by atoms with Crippen LogP contribution in [-0.2, 0) is 13.1 Å². The largest absolute Gasteiger partial charge is 0.372 e. The highest BCUT2D eigenvalue weighted by atomic mass is 35.5. The molecule has 0 bridgehead atoms. The third-order valence-corrected chi connectivity index (χ3v) is 2.36. The molecule has 8 heteroatoms. The van der Waals surface area contributed by atoms with E-state index in [-0.39, 0.29) is 23.8 Å². The van der Waals surface area contributed by atoms with Crippen molar-refractivity contribution >= 4 is 17.3 Å². The van der Waals surface area contributed by atoms with Gasteiger partial charge in [0.2, 0.25) is 6.39 Å². The summed E-state index contributed by atoms with van der Waals surface area (Å²) < 4.78 is 5.70. The highest BCUT2D eigenvalue weighted by molar-refractivity contribution is 6.32. The molecule has 0 aliphatic rings. The normalized spacial score (nSPS) is 10.0. The van der Waals surface area contributed by atoms with Crippen molar-refractivity contribution in [1.82, 2.24) is 19.9 Å². The van der Waals surface area contributed by atoms with E-state index in [2.05, 4.69) is 31.0 Å². The molecular formula is C10H8ClN5O2. The lowest BCUT2D eigenvalue weighted by Gasteiger charge is -2.07. The topological polar surface area (TPSA) is 85.8 Å². The zero-order valence-electron chi connectivity index (χ0n) is 9.13. The Kier molecular flexibility index (Phi) is 3.60. The van der Waals surface area contributed by atoms with E-state index in [0.717, 1.165) is 4.68 Å². The molecule has 92 valence electrons. The van der Waals surface area contributed by atoms with Gasteiger partial charge in [0, 0.05) is 0 Å². The summed E-state index contributed by atoms with van der Waals surface area (Å²) in [4.78, 5) is 15.7. The van der Waals surface area contributed by atoms with Crippen LogP contribution in [0.4, 0.5) is 5.69 Å². The molecule has 2 rings (SSSR count). The van der Waals surface area contributed by atoms with Crippen molar-refractivity contribution in [3.63, 3.8) is 0 Å². The van der Waals surface area contributed by atoms with Crippen LogP contribution >= 0.6 is 11.6 Å². The molecule has 0 aromatic carbocycles. The SMILES string of the molecule is C#CCn1ncc(Cl)c(NCc2ncon2)c1=O. The van der Waals surface area contributed by atoms with E-state index in [0.29, 0.717) is 5.82 Å². The molecule has 0 spiro atoms. The molecular weight excluding hydrogens is 258 g/mol. The van der Waals surface area contributed by atoms with Gasteiger partial charge in [0.1, 0.15) is 12.2 Å². The van der Waals surface area contributed by atoms with Crippen LogP contribution in [0.25, 0.3) is 0 Å². The quantitative estimate of drug-likeness (QED) is 0.812. The van der Waals surface area contributed by atoms with Crippen LogP contribution in [0.3, 0.4) is 0 Å². The minimum absolute atomic E-state index is 0.0763. The molecule has 0 atom stereocenters. The molecule has 1 N–H and O–H groups in total. The summed E-state index contributed by atoms with van der Waals surface area (Å²) in [5.74, 6) is 2.74. The Hall–Kier alpha value is -2.33. The van der Waals surface area contributed by atoms with Crippen molar-refractivity contribution in [2.24, 2.45) is 0 Å². The maximum Gasteiger partial charge on any atom is 0.292 e. The van der Waals surface area contributed by atoms with Gasteiger partial charge in [0.25, 0.3) is 5.56 Å². The highest BCUT2D eigenvalue weighted by Gasteiger charge is 2.10. The number of anilines is 1. The van der Waals surface area contributed by atoms with Crippen molar-refractivity contribution in [1.29, 1.82) is 0 Å². The molecule has 0 unspecified atom stereocenters. The lowest BCUT2D eigenvalue weighted by atomic mass is 10.4. The van der Waals surface area contributed by atoms with Gasteiger partial charge in [-0.1, -0.05) is 22.7 Å². The van der Waals surface area contributed by atoms with Gasteiger partial charge in [-0.25, -0.2) is 4.68 Å². The van der Waals surface area contributed by atoms with Crippen LogP contribution < -0.4 is 10.9 Å². The molecule has 0 saturated heterocycles. The Morgan fingerprint density at radius 2 is 2.44 bits per heavy atom. The first kappa shape index (κ1) is 12.1. The van der Waals surface area contributed by atoms with E-state index in [1.807, 2.05) is 0 Å². The number of nitrogens with zero attached hydrogens (tertiary/aromatic N) is 4. The van der Waals surface area contributed by atoms with Crippen LogP contribution in [0.15, 0.2) is 21.9 Å². The summed E-state index contributed by atoms with van der Waals surface area (Å²) in [7, 11) is 0. The summed E-state index contributed by atoms with van der Waals surface area (Å²) in [5, 5.41) is 10.4. The second-order valence-electron chi connectivity index (χ2n) is 3.24. The Bertz CT molecular complexity index is 629. The standard InChI is InChI=1S/C10H8ClN5O2/c1-2-3-16-10(17)9(7(11)4-14-16)12-5-8-13-6-18-15-8/h1,4,6,12H,3,5H2. The van der Waals surface area contributed by atoms with E-state index in [1.165, 1.54) is 12.6 Å². The number of nitrogens with one attached hydrogen (secondary N) is 1. The number of hydrogen-bond acceptors (Lipinski definition) is 6. The van der Waals surface area contributed by atoms with Crippen molar-refractivity contribution < 1.29 is 4.52 Å². The summed E-state index contributed by atoms with van der Waals surface area (Å²) in [6.45, 7) is 0.290. The molecule has 0 radical (unpaired) electrons. The predicted molar refractivity (Wildman–Crippen MR) is 64.0 cm³/mol. The molecule has 7 nitrogen and oxygen atoms in total. The van der Waals surface area contributed by atoms with Crippen LogP contribution in [0.1, 0.15) is 5.82 Å². The second kappa shape index (κ2) is 5.33. The highest BCUT2D eigenvalue weighted by Crippen LogP contribution is 2.15. The number of terminal acetylenes is 1. The fourth-order valence-electron chi connectivity index (χ4n) is 1.27. The van der Waals surface area contributed by atoms with Crippen LogP contribution in [0.5, 0.6) is 0 Å². The summed E-state index contributed by atoms with van der Waals surface area (Å²) >= 11 is 5.89. The van der Waals surface area contributed by atoms with E-state index in [4.69, 9.17) is 18.0 Å². The maximum atomic E-state index is 11.9. The fourth-order valence-corrected chi connectivity index (χ4v) is 1.46. The molecule has 0 fully saturated rings. The van der Waals surface area contributed by atoms with Gasteiger partial charge in [0.15, 0.2) is 5.82 Å². The van der Waals surface area contributed by atoms with Gasteiger partial charge in [-0.3, -0.25) is 4.79 Å². The minimum Gasteiger partial charge on any atom is -0.372 e. The monoisotopic (exact) mass is 265 g/mol. The summed E-state index contributed by atoms with van der Waals surface area (Å²) in [5.41, 5.74) is -0.198. The van der Waals surface area contributed by atoms with E-state index >= 15 is 0 Å². The van der Waals surface area contributed by atoms with E-state index < -0.39 is 5.56 Å². The average Bonchev–Trinajstić information content (AvgIpc) is 2.86. The number of hydrogen-bond donors (Lipinski definition) is 1. The molecule has 0 amide bonds. The van der Waals surface area contributed by atoms with Gasteiger partial charge in [-0.05, 0) is 0 Å². The first-order valence-corrected chi connectivity index (χ1v) is 5.28. The van der Waals surface area contributed by atoms with Crippen LogP contribution in [-0.4, -0.2) is 19.9 Å². The smallest absolute Gasteiger partial charge is 0.292 e. The lowest BCUT2D eigenvalue weighted by Crippen LogP contribution is -2.25. The fraction of sp³-hybridized carbons (Fsp3) is 0.200. The minimum atomic E-state index is -0.399. The Morgan fingerprint density at radius 3 is 3.11 bits per heavy atom. The third-order valence-electron chi connectivity index (χ3n) is 2.07. The van der Waals surface area contributed by atoms with Gasteiger partial charge in [-0.2, -0.15) is 10.1 Å². The summed E-state index contributed by atoms with van der Waals surface area (Å²) in [6.07, 6.45) is 7.68. The zero-order valence-corrected chi connectivity index (χ0v) is 9.89. The van der Waals surface area contributed by atoms with Gasteiger partial charge in [0.05, 0.1) is 17.8 Å². The number of rotatable bonds is 4. The van der Waals surface area contributed by atoms with Crippen molar-refractivity contribution in [2.45, 2.75) is 13.1 Å². The summed E-state index contributed by atoms with van der Waals surface area (Å²) in [6, 6.07) is 0. The molecule has 0 saturated carbocycles. The molecule has 0 aliphatic heterocycles. The van der Waals surface area contributed by atoms with Gasteiger partial charge in [-0.15, -0.1) is 6.42 Å². The first-order valence-electron chi connectivity index (χ1n) is 4.90. The average molecular weight is 266 g/mol. The molecule has 0 aliphatic carbocycles. The Balaban J connectivity index is 2.24. The first-order chi connectivity index (χ1) is 8.72. The number of aromatic nitrogens is 4. The van der Waals surface area contributed by atoms with Crippen molar-refractivity contribution in [3.05, 3.63) is 33.8 Å². The van der Waals surface area contributed by atoms with Crippen molar-refractivity contribution in [2.75, 3.05) is 5.32 Å². The van der Waals surface area contributed by atoms with Crippen LogP contribution in [0, 0.1) is 12.3 Å². The van der Waals surface area contributed by atoms with E-state index in [1.54, 1.807) is 0 Å². The van der Waals surface area contributed by atoms with E-state index in [9.17, 15) is 4.79 Å². The Labute approximate surface area is 107 Å². The molecule has 18 heavy (non-hydrogen) atoms.